The minimum absolute atomic E-state index is 0.171. The van der Waals surface area contributed by atoms with E-state index in [-0.39, 0.29) is 17.8 Å². The summed E-state index contributed by atoms with van der Waals surface area (Å²) in [5.41, 5.74) is 0.861. The third-order valence-electron chi connectivity index (χ3n) is 4.30. The molecule has 1 aliphatic carbocycles. The Labute approximate surface area is 119 Å². The molecule has 20 heavy (non-hydrogen) atoms. The van der Waals surface area contributed by atoms with Crippen molar-refractivity contribution in [3.8, 4) is 0 Å². The second-order valence-electron chi connectivity index (χ2n) is 5.95. The molecule has 4 heteroatoms. The molecule has 0 aromatic heterocycles. The Morgan fingerprint density at radius 2 is 2.05 bits per heavy atom. The molecule has 1 aliphatic heterocycles. The van der Waals surface area contributed by atoms with E-state index < -0.39 is 0 Å². The van der Waals surface area contributed by atoms with Crippen molar-refractivity contribution < 1.29 is 9.18 Å². The van der Waals surface area contributed by atoms with Crippen molar-refractivity contribution in [1.82, 2.24) is 10.2 Å². The van der Waals surface area contributed by atoms with Gasteiger partial charge in [-0.05, 0) is 30.5 Å². The van der Waals surface area contributed by atoms with Crippen LogP contribution in [0.2, 0.25) is 0 Å². The van der Waals surface area contributed by atoms with Crippen LogP contribution in [0.5, 0.6) is 0 Å². The molecule has 1 saturated carbocycles. The lowest BCUT2D eigenvalue weighted by Crippen LogP contribution is -2.38. The minimum Gasteiger partial charge on any atom is -0.337 e. The summed E-state index contributed by atoms with van der Waals surface area (Å²) in [6, 6.07) is 7.35. The highest BCUT2D eigenvalue weighted by atomic mass is 19.1. The molecule has 0 radical (unpaired) electrons. The van der Waals surface area contributed by atoms with Crippen molar-refractivity contribution in [2.75, 3.05) is 6.54 Å². The molecule has 1 N–H and O–H groups in total. The van der Waals surface area contributed by atoms with Crippen molar-refractivity contribution in [2.45, 2.75) is 50.7 Å². The first-order valence-electron chi connectivity index (χ1n) is 7.49. The van der Waals surface area contributed by atoms with Crippen LogP contribution >= 0.6 is 0 Å². The average Bonchev–Trinajstić information content (AvgIpc) is 3.01. The number of amides is 1. The van der Waals surface area contributed by atoms with Gasteiger partial charge in [0.1, 0.15) is 5.82 Å². The lowest BCUT2D eigenvalue weighted by molar-refractivity contribution is -0.128. The van der Waals surface area contributed by atoms with Crippen LogP contribution in [-0.4, -0.2) is 29.4 Å². The Bertz CT molecular complexity index is 485. The smallest absolute Gasteiger partial charge is 0.224 e. The Morgan fingerprint density at radius 3 is 2.80 bits per heavy atom. The molecule has 1 heterocycles. The largest absolute Gasteiger partial charge is 0.337 e. The third-order valence-corrected chi connectivity index (χ3v) is 4.30. The number of nitrogens with one attached hydrogen (secondary N) is 1. The van der Waals surface area contributed by atoms with E-state index in [4.69, 9.17) is 0 Å². The summed E-state index contributed by atoms with van der Waals surface area (Å²) in [7, 11) is 0. The van der Waals surface area contributed by atoms with Crippen LogP contribution in [0, 0.1) is 5.82 Å². The van der Waals surface area contributed by atoms with Gasteiger partial charge in [-0.2, -0.15) is 0 Å². The van der Waals surface area contributed by atoms with Gasteiger partial charge in [-0.3, -0.25) is 4.79 Å². The Kier molecular flexibility index (Phi) is 4.01. The number of nitrogens with zero attached hydrogens (tertiary/aromatic N) is 1. The van der Waals surface area contributed by atoms with Crippen LogP contribution in [0.4, 0.5) is 4.39 Å². The van der Waals surface area contributed by atoms with Gasteiger partial charge in [0.05, 0.1) is 0 Å². The van der Waals surface area contributed by atoms with E-state index in [2.05, 4.69) is 5.32 Å². The maximum atomic E-state index is 13.2. The van der Waals surface area contributed by atoms with E-state index in [0.29, 0.717) is 19.0 Å². The van der Waals surface area contributed by atoms with Gasteiger partial charge in [0, 0.05) is 31.6 Å². The fraction of sp³-hybridized carbons (Fsp3) is 0.562. The molecular formula is C16H21FN2O. The Balaban J connectivity index is 1.56. The molecule has 0 spiro atoms. The van der Waals surface area contributed by atoms with Crippen LogP contribution in [0.25, 0.3) is 0 Å². The molecule has 1 atom stereocenters. The molecule has 0 bridgehead atoms. The lowest BCUT2D eigenvalue weighted by Gasteiger charge is -2.20. The fourth-order valence-electron chi connectivity index (χ4n) is 3.32. The maximum Gasteiger partial charge on any atom is 0.224 e. The fourth-order valence-corrected chi connectivity index (χ4v) is 3.32. The monoisotopic (exact) mass is 276 g/mol. The van der Waals surface area contributed by atoms with Crippen molar-refractivity contribution in [3.05, 3.63) is 35.6 Å². The highest BCUT2D eigenvalue weighted by Crippen LogP contribution is 2.21. The van der Waals surface area contributed by atoms with E-state index in [1.54, 1.807) is 6.07 Å². The molecule has 3 nitrogen and oxygen atoms in total. The summed E-state index contributed by atoms with van der Waals surface area (Å²) in [6.07, 6.45) is 5.63. The molecule has 108 valence electrons. The van der Waals surface area contributed by atoms with Gasteiger partial charge < -0.3 is 10.2 Å². The SMILES string of the molecule is O=C1CC(NC2CCCC2)CN1Cc1cccc(F)c1. The zero-order chi connectivity index (χ0) is 13.9. The average molecular weight is 276 g/mol. The van der Waals surface area contributed by atoms with Gasteiger partial charge in [0.2, 0.25) is 5.91 Å². The summed E-state index contributed by atoms with van der Waals surface area (Å²) >= 11 is 0. The number of hydrogen-bond donors (Lipinski definition) is 1. The van der Waals surface area contributed by atoms with Crippen LogP contribution in [0.1, 0.15) is 37.7 Å². The van der Waals surface area contributed by atoms with E-state index in [1.807, 2.05) is 11.0 Å². The number of carbonyl (C=O) groups is 1. The van der Waals surface area contributed by atoms with Crippen molar-refractivity contribution in [1.29, 1.82) is 0 Å². The second-order valence-corrected chi connectivity index (χ2v) is 5.95. The summed E-state index contributed by atoms with van der Waals surface area (Å²) in [4.78, 5) is 13.9. The first-order valence-corrected chi connectivity index (χ1v) is 7.49. The van der Waals surface area contributed by atoms with Gasteiger partial charge in [0.15, 0.2) is 0 Å². The standard InChI is InChI=1S/C16H21FN2O/c17-13-5-3-4-12(8-13)10-19-11-15(9-16(19)20)18-14-6-1-2-7-14/h3-5,8,14-15,18H,1-2,6-7,9-11H2. The zero-order valence-electron chi connectivity index (χ0n) is 11.6. The normalized spacial score (nSPS) is 23.8. The topological polar surface area (TPSA) is 32.3 Å². The van der Waals surface area contributed by atoms with Crippen LogP contribution in [0.15, 0.2) is 24.3 Å². The molecule has 1 aromatic rings. The van der Waals surface area contributed by atoms with E-state index in [1.165, 1.54) is 37.8 Å². The van der Waals surface area contributed by atoms with E-state index in [9.17, 15) is 9.18 Å². The number of carbonyl (C=O) groups excluding carboxylic acids is 1. The molecule has 1 aromatic carbocycles. The van der Waals surface area contributed by atoms with Gasteiger partial charge in [0.25, 0.3) is 0 Å². The van der Waals surface area contributed by atoms with Crippen LogP contribution < -0.4 is 5.32 Å². The number of rotatable bonds is 4. The van der Waals surface area contributed by atoms with Crippen molar-refractivity contribution in [3.63, 3.8) is 0 Å². The van der Waals surface area contributed by atoms with E-state index >= 15 is 0 Å². The number of hydrogen-bond acceptors (Lipinski definition) is 2. The maximum absolute atomic E-state index is 13.2. The first-order chi connectivity index (χ1) is 9.70. The van der Waals surface area contributed by atoms with Gasteiger partial charge >= 0.3 is 0 Å². The van der Waals surface area contributed by atoms with Crippen molar-refractivity contribution >= 4 is 5.91 Å². The molecular weight excluding hydrogens is 255 g/mol. The third kappa shape index (κ3) is 3.18. The first kappa shape index (κ1) is 13.6. The van der Waals surface area contributed by atoms with E-state index in [0.717, 1.165) is 12.1 Å². The lowest BCUT2D eigenvalue weighted by atomic mass is 10.2. The van der Waals surface area contributed by atoms with Gasteiger partial charge in [-0.25, -0.2) is 4.39 Å². The predicted octanol–water partition coefficient (Wildman–Crippen LogP) is 2.46. The molecule has 2 fully saturated rings. The summed E-state index contributed by atoms with van der Waals surface area (Å²) in [6.45, 7) is 1.26. The van der Waals surface area contributed by atoms with Gasteiger partial charge in [-0.15, -0.1) is 0 Å². The highest BCUT2D eigenvalue weighted by Gasteiger charge is 2.31. The zero-order valence-corrected chi connectivity index (χ0v) is 11.6. The van der Waals surface area contributed by atoms with Crippen LogP contribution in [-0.2, 0) is 11.3 Å². The summed E-state index contributed by atoms with van der Waals surface area (Å²) in [5.74, 6) is -0.0699. The number of benzene rings is 1. The second kappa shape index (κ2) is 5.92. The predicted molar refractivity (Wildman–Crippen MR) is 75.6 cm³/mol. The quantitative estimate of drug-likeness (QED) is 0.916. The number of halogens is 1. The number of likely N-dealkylation sites (tertiary alicyclic amines) is 1. The minimum atomic E-state index is -0.241. The molecule has 1 unspecified atom stereocenters. The molecule has 2 aliphatic rings. The molecule has 1 amide bonds. The molecule has 1 saturated heterocycles. The van der Waals surface area contributed by atoms with Gasteiger partial charge in [-0.1, -0.05) is 25.0 Å². The highest BCUT2D eigenvalue weighted by molar-refractivity contribution is 5.79. The Morgan fingerprint density at radius 1 is 1.25 bits per heavy atom. The Hall–Kier alpha value is -1.42. The summed E-state index contributed by atoms with van der Waals surface area (Å²) < 4.78 is 13.2. The van der Waals surface area contributed by atoms with Crippen LogP contribution in [0.3, 0.4) is 0 Å². The van der Waals surface area contributed by atoms with Crippen molar-refractivity contribution in [2.24, 2.45) is 0 Å². The summed E-state index contributed by atoms with van der Waals surface area (Å²) in [5, 5.41) is 3.60. The molecule has 3 rings (SSSR count).